The first-order valence-electron chi connectivity index (χ1n) is 6.69. The van der Waals surface area contributed by atoms with Crippen molar-refractivity contribution in [1.29, 1.82) is 0 Å². The zero-order valence-electron chi connectivity index (χ0n) is 11.9. The van der Waals surface area contributed by atoms with E-state index in [0.29, 0.717) is 12.4 Å². The molecule has 104 valence electrons. The van der Waals surface area contributed by atoms with Crippen LogP contribution >= 0.6 is 0 Å². The average molecular weight is 262 g/mol. The van der Waals surface area contributed by atoms with Crippen LogP contribution < -0.4 is 16.2 Å². The fourth-order valence-corrected chi connectivity index (χ4v) is 2.09. The van der Waals surface area contributed by atoms with E-state index in [4.69, 9.17) is 0 Å². The third-order valence-electron chi connectivity index (χ3n) is 3.20. The van der Waals surface area contributed by atoms with E-state index in [0.717, 1.165) is 19.5 Å². The summed E-state index contributed by atoms with van der Waals surface area (Å²) in [6.45, 7) is 8.63. The van der Waals surface area contributed by atoms with Crippen LogP contribution in [0, 0.1) is 0 Å². The molecule has 19 heavy (non-hydrogen) atoms. The van der Waals surface area contributed by atoms with Gasteiger partial charge in [-0.25, -0.2) is 4.98 Å². The number of hydrogen-bond acceptors (Lipinski definition) is 4. The Bertz CT molecular complexity index is 525. The van der Waals surface area contributed by atoms with E-state index in [1.54, 1.807) is 17.0 Å². The molecular formula is C14H22N4O. The molecule has 1 aromatic heterocycles. The molecule has 1 aliphatic rings. The lowest BCUT2D eigenvalue weighted by Gasteiger charge is -2.22. The zero-order valence-corrected chi connectivity index (χ0v) is 11.9. The second kappa shape index (κ2) is 5.57. The van der Waals surface area contributed by atoms with Crippen molar-refractivity contribution in [2.75, 3.05) is 25.0 Å². The Morgan fingerprint density at radius 1 is 1.47 bits per heavy atom. The summed E-state index contributed by atoms with van der Waals surface area (Å²) >= 11 is 0. The van der Waals surface area contributed by atoms with Crippen LogP contribution in [0.1, 0.15) is 27.2 Å². The van der Waals surface area contributed by atoms with Crippen LogP contribution in [0.5, 0.6) is 0 Å². The Morgan fingerprint density at radius 2 is 2.26 bits per heavy atom. The summed E-state index contributed by atoms with van der Waals surface area (Å²) in [5, 5.41) is 6.42. The van der Waals surface area contributed by atoms with Gasteiger partial charge in [-0.05, 0) is 33.7 Å². The third-order valence-corrected chi connectivity index (χ3v) is 3.20. The lowest BCUT2D eigenvalue weighted by atomic mass is 10.1. The lowest BCUT2D eigenvalue weighted by Crippen LogP contribution is -2.35. The molecule has 0 radical (unpaired) electrons. The molecule has 5 heteroatoms. The van der Waals surface area contributed by atoms with Gasteiger partial charge in [0.25, 0.3) is 5.56 Å². The SMILES string of the molecule is CC(C)(C)n1ccnc(NCC2=CCNCC2)c1=O. The quantitative estimate of drug-likeness (QED) is 0.807. The molecule has 0 unspecified atom stereocenters. The fraction of sp³-hybridized carbons (Fsp3) is 0.571. The first-order chi connectivity index (χ1) is 8.98. The molecule has 0 spiro atoms. The Hall–Kier alpha value is -1.62. The number of anilines is 1. The van der Waals surface area contributed by atoms with Crippen LogP contribution in [-0.4, -0.2) is 29.2 Å². The van der Waals surface area contributed by atoms with E-state index in [1.807, 2.05) is 20.8 Å². The van der Waals surface area contributed by atoms with Crippen LogP contribution in [0.3, 0.4) is 0 Å². The smallest absolute Gasteiger partial charge is 0.293 e. The van der Waals surface area contributed by atoms with Crippen molar-refractivity contribution < 1.29 is 0 Å². The molecule has 1 aliphatic heterocycles. The normalized spacial score (nSPS) is 16.1. The van der Waals surface area contributed by atoms with E-state index in [2.05, 4.69) is 21.7 Å². The van der Waals surface area contributed by atoms with Gasteiger partial charge in [0.2, 0.25) is 0 Å². The maximum atomic E-state index is 12.3. The molecular weight excluding hydrogens is 240 g/mol. The standard InChI is InChI=1S/C14H22N4O/c1-14(2,3)18-9-8-16-12(13(18)19)17-10-11-4-6-15-7-5-11/h4,8-9,15H,5-7,10H2,1-3H3,(H,16,17). The van der Waals surface area contributed by atoms with Crippen LogP contribution in [0.4, 0.5) is 5.82 Å². The molecule has 0 saturated heterocycles. The van der Waals surface area contributed by atoms with Crippen molar-refractivity contribution in [3.05, 3.63) is 34.4 Å². The van der Waals surface area contributed by atoms with Crippen molar-refractivity contribution in [3.63, 3.8) is 0 Å². The largest absolute Gasteiger partial charge is 0.362 e. The van der Waals surface area contributed by atoms with Gasteiger partial charge in [0.05, 0.1) is 0 Å². The summed E-state index contributed by atoms with van der Waals surface area (Å²) < 4.78 is 1.71. The third kappa shape index (κ3) is 3.44. The van der Waals surface area contributed by atoms with E-state index >= 15 is 0 Å². The van der Waals surface area contributed by atoms with Gasteiger partial charge in [-0.15, -0.1) is 0 Å². The van der Waals surface area contributed by atoms with Gasteiger partial charge < -0.3 is 15.2 Å². The minimum Gasteiger partial charge on any atom is -0.362 e. The maximum absolute atomic E-state index is 12.3. The predicted molar refractivity (Wildman–Crippen MR) is 77.6 cm³/mol. The molecule has 0 fully saturated rings. The molecule has 0 amide bonds. The molecule has 0 aromatic carbocycles. The molecule has 0 bridgehead atoms. The minimum atomic E-state index is -0.232. The summed E-state index contributed by atoms with van der Waals surface area (Å²) in [5.41, 5.74) is 1.03. The Kier molecular flexibility index (Phi) is 4.04. The van der Waals surface area contributed by atoms with E-state index in [9.17, 15) is 4.79 Å². The van der Waals surface area contributed by atoms with Gasteiger partial charge in [0.15, 0.2) is 5.82 Å². The first-order valence-corrected chi connectivity index (χ1v) is 6.69. The molecule has 2 N–H and O–H groups in total. The molecule has 0 saturated carbocycles. The van der Waals surface area contributed by atoms with E-state index in [-0.39, 0.29) is 11.1 Å². The number of nitrogens with one attached hydrogen (secondary N) is 2. The zero-order chi connectivity index (χ0) is 13.9. The van der Waals surface area contributed by atoms with Crippen molar-refractivity contribution in [1.82, 2.24) is 14.9 Å². The van der Waals surface area contributed by atoms with Crippen LogP contribution in [-0.2, 0) is 5.54 Å². The highest BCUT2D eigenvalue weighted by atomic mass is 16.1. The number of rotatable bonds is 3. The Morgan fingerprint density at radius 3 is 2.89 bits per heavy atom. The van der Waals surface area contributed by atoms with Gasteiger partial charge in [-0.1, -0.05) is 11.6 Å². The molecule has 0 atom stereocenters. The van der Waals surface area contributed by atoms with Gasteiger partial charge in [0, 0.05) is 31.0 Å². The Labute approximate surface area is 113 Å². The van der Waals surface area contributed by atoms with E-state index < -0.39 is 0 Å². The summed E-state index contributed by atoms with van der Waals surface area (Å²) in [5.74, 6) is 0.428. The number of hydrogen-bond donors (Lipinski definition) is 2. The number of aromatic nitrogens is 2. The molecule has 0 aliphatic carbocycles. The average Bonchev–Trinajstić information content (AvgIpc) is 2.37. The summed E-state index contributed by atoms with van der Waals surface area (Å²) in [7, 11) is 0. The first kappa shape index (κ1) is 13.8. The lowest BCUT2D eigenvalue weighted by molar-refractivity contribution is 0.383. The van der Waals surface area contributed by atoms with Gasteiger partial charge in [-0.3, -0.25) is 4.79 Å². The highest BCUT2D eigenvalue weighted by Gasteiger charge is 2.16. The van der Waals surface area contributed by atoms with Crippen LogP contribution in [0.25, 0.3) is 0 Å². The molecule has 2 rings (SSSR count). The van der Waals surface area contributed by atoms with Crippen LogP contribution in [0.2, 0.25) is 0 Å². The maximum Gasteiger partial charge on any atom is 0.293 e. The predicted octanol–water partition coefficient (Wildman–Crippen LogP) is 1.33. The minimum absolute atomic E-state index is 0.0652. The Balaban J connectivity index is 2.13. The second-order valence-electron chi connectivity index (χ2n) is 5.79. The summed E-state index contributed by atoms with van der Waals surface area (Å²) in [4.78, 5) is 16.4. The molecule has 2 heterocycles. The topological polar surface area (TPSA) is 59.0 Å². The second-order valence-corrected chi connectivity index (χ2v) is 5.79. The molecule has 1 aromatic rings. The van der Waals surface area contributed by atoms with Crippen molar-refractivity contribution in [2.45, 2.75) is 32.7 Å². The van der Waals surface area contributed by atoms with E-state index in [1.165, 1.54) is 5.57 Å². The monoisotopic (exact) mass is 262 g/mol. The van der Waals surface area contributed by atoms with Crippen LogP contribution in [0.15, 0.2) is 28.8 Å². The summed E-state index contributed by atoms with van der Waals surface area (Å²) in [6.07, 6.45) is 6.60. The summed E-state index contributed by atoms with van der Waals surface area (Å²) in [6, 6.07) is 0. The van der Waals surface area contributed by atoms with Gasteiger partial charge in [0.1, 0.15) is 0 Å². The van der Waals surface area contributed by atoms with Crippen molar-refractivity contribution in [2.24, 2.45) is 0 Å². The highest BCUT2D eigenvalue weighted by molar-refractivity contribution is 5.34. The van der Waals surface area contributed by atoms with Crippen molar-refractivity contribution >= 4 is 5.82 Å². The molecule has 5 nitrogen and oxygen atoms in total. The highest BCUT2D eigenvalue weighted by Crippen LogP contribution is 2.11. The fourth-order valence-electron chi connectivity index (χ4n) is 2.09. The number of nitrogens with zero attached hydrogens (tertiary/aromatic N) is 2. The van der Waals surface area contributed by atoms with Gasteiger partial charge in [-0.2, -0.15) is 0 Å². The van der Waals surface area contributed by atoms with Gasteiger partial charge >= 0.3 is 0 Å². The van der Waals surface area contributed by atoms with Crippen molar-refractivity contribution in [3.8, 4) is 0 Å².